The molecule has 126 valence electrons. The number of aromatic nitrogens is 2. The Kier molecular flexibility index (Phi) is 3.08. The first kappa shape index (κ1) is 15.0. The highest BCUT2D eigenvalue weighted by Gasteiger charge is 2.62. The largest absolute Gasteiger partial charge is 0.444 e. The topological polar surface area (TPSA) is 70.2 Å². The van der Waals surface area contributed by atoms with Gasteiger partial charge >= 0.3 is 6.09 Å². The van der Waals surface area contributed by atoms with Gasteiger partial charge in [-0.15, -0.1) is 0 Å². The summed E-state index contributed by atoms with van der Waals surface area (Å²) in [5.74, 6) is 0.949. The normalized spacial score (nSPS) is 35.7. The van der Waals surface area contributed by atoms with Gasteiger partial charge in [-0.05, 0) is 40.0 Å². The lowest BCUT2D eigenvalue weighted by Gasteiger charge is -2.49. The molecule has 4 aliphatic rings. The van der Waals surface area contributed by atoms with Crippen molar-refractivity contribution in [2.75, 3.05) is 13.1 Å². The molecule has 2 saturated heterocycles. The van der Waals surface area contributed by atoms with E-state index in [1.165, 1.54) is 5.69 Å². The molecule has 5 rings (SSSR count). The molecule has 6 nitrogen and oxygen atoms in total. The summed E-state index contributed by atoms with van der Waals surface area (Å²) in [6, 6.07) is 0.259. The van der Waals surface area contributed by atoms with Gasteiger partial charge < -0.3 is 19.9 Å². The summed E-state index contributed by atoms with van der Waals surface area (Å²) in [5, 5.41) is 3.69. The molecule has 1 aromatic rings. The number of hydrogen-bond acceptors (Lipinski definition) is 4. The molecule has 1 aliphatic carbocycles. The molecular formula is C17H26N4O2. The van der Waals surface area contributed by atoms with Crippen molar-refractivity contribution in [3.63, 3.8) is 0 Å². The lowest BCUT2D eigenvalue weighted by atomic mass is 9.61. The number of ether oxygens (including phenoxy) is 1. The quantitative estimate of drug-likeness (QED) is 0.831. The lowest BCUT2D eigenvalue weighted by Crippen LogP contribution is -2.60. The SMILES string of the molecule is CC(C)(C)OC(=O)N1CC2CC1C2C1(C)NCCc2[nH]cnc21. The number of rotatable bonds is 1. The monoisotopic (exact) mass is 318 g/mol. The molecule has 0 spiro atoms. The van der Waals surface area contributed by atoms with Gasteiger partial charge in [0.1, 0.15) is 5.60 Å². The smallest absolute Gasteiger partial charge is 0.410 e. The molecule has 23 heavy (non-hydrogen) atoms. The number of H-pyrrole nitrogens is 1. The second kappa shape index (κ2) is 4.72. The minimum absolute atomic E-state index is 0.155. The third-order valence-electron chi connectivity index (χ3n) is 5.67. The van der Waals surface area contributed by atoms with Crippen LogP contribution in [-0.2, 0) is 16.7 Å². The molecule has 1 aromatic heterocycles. The molecule has 1 amide bonds. The van der Waals surface area contributed by atoms with E-state index in [0.717, 1.165) is 31.6 Å². The van der Waals surface area contributed by atoms with E-state index in [-0.39, 0.29) is 17.7 Å². The van der Waals surface area contributed by atoms with Crippen molar-refractivity contribution in [1.29, 1.82) is 0 Å². The summed E-state index contributed by atoms with van der Waals surface area (Å²) in [6.45, 7) is 9.76. The minimum Gasteiger partial charge on any atom is -0.444 e. The van der Waals surface area contributed by atoms with Gasteiger partial charge in [-0.1, -0.05) is 0 Å². The van der Waals surface area contributed by atoms with Crippen molar-refractivity contribution in [2.24, 2.45) is 11.8 Å². The van der Waals surface area contributed by atoms with E-state index in [1.807, 2.05) is 25.7 Å². The number of imidazole rings is 1. The Morgan fingerprint density at radius 3 is 3.00 bits per heavy atom. The van der Waals surface area contributed by atoms with Crippen LogP contribution in [0.25, 0.3) is 0 Å². The fourth-order valence-corrected chi connectivity index (χ4v) is 4.77. The molecule has 3 aliphatic heterocycles. The first-order valence-electron chi connectivity index (χ1n) is 8.57. The van der Waals surface area contributed by atoms with Gasteiger partial charge in [-0.2, -0.15) is 0 Å². The van der Waals surface area contributed by atoms with Crippen molar-refractivity contribution in [2.45, 2.75) is 57.7 Å². The Balaban J connectivity index is 1.57. The van der Waals surface area contributed by atoms with Crippen LogP contribution in [0.5, 0.6) is 0 Å². The van der Waals surface area contributed by atoms with E-state index in [4.69, 9.17) is 4.74 Å². The van der Waals surface area contributed by atoms with Gasteiger partial charge in [0, 0.05) is 37.2 Å². The summed E-state index contributed by atoms with van der Waals surface area (Å²) in [4.78, 5) is 22.3. The summed E-state index contributed by atoms with van der Waals surface area (Å²) in [7, 11) is 0. The number of hydrogen-bond donors (Lipinski definition) is 2. The number of nitrogens with zero attached hydrogens (tertiary/aromatic N) is 2. The molecule has 2 bridgehead atoms. The van der Waals surface area contributed by atoms with E-state index < -0.39 is 5.60 Å². The second-order valence-electron chi connectivity index (χ2n) is 8.33. The summed E-state index contributed by atoms with van der Waals surface area (Å²) < 4.78 is 5.59. The van der Waals surface area contributed by atoms with Crippen LogP contribution in [0.15, 0.2) is 6.33 Å². The van der Waals surface area contributed by atoms with Crippen molar-refractivity contribution >= 4 is 6.09 Å². The molecule has 3 fully saturated rings. The second-order valence-corrected chi connectivity index (χ2v) is 8.33. The fraction of sp³-hybridized carbons (Fsp3) is 0.765. The molecule has 4 atom stereocenters. The predicted octanol–water partition coefficient (Wildman–Crippen LogP) is 2.03. The summed E-state index contributed by atoms with van der Waals surface area (Å²) >= 11 is 0. The van der Waals surface area contributed by atoms with Gasteiger partial charge in [0.25, 0.3) is 0 Å². The third kappa shape index (κ3) is 2.18. The average molecular weight is 318 g/mol. The highest BCUT2D eigenvalue weighted by Crippen LogP contribution is 2.55. The number of amides is 1. The Hall–Kier alpha value is -1.56. The van der Waals surface area contributed by atoms with Gasteiger partial charge in [0.15, 0.2) is 0 Å². The Labute approximate surface area is 137 Å². The number of carbonyl (C=O) groups is 1. The fourth-order valence-electron chi connectivity index (χ4n) is 4.77. The zero-order chi connectivity index (χ0) is 16.4. The molecule has 1 saturated carbocycles. The average Bonchev–Trinajstić information content (AvgIpc) is 3.10. The third-order valence-corrected chi connectivity index (χ3v) is 5.67. The van der Waals surface area contributed by atoms with Crippen LogP contribution >= 0.6 is 0 Å². The van der Waals surface area contributed by atoms with E-state index >= 15 is 0 Å². The molecule has 4 heterocycles. The highest BCUT2D eigenvalue weighted by molar-refractivity contribution is 5.70. The van der Waals surface area contributed by atoms with E-state index in [2.05, 4.69) is 22.2 Å². The summed E-state index contributed by atoms with van der Waals surface area (Å²) in [5.41, 5.74) is 1.77. The lowest BCUT2D eigenvalue weighted by molar-refractivity contribution is 0.00829. The van der Waals surface area contributed by atoms with Gasteiger partial charge in [0.05, 0.1) is 17.6 Å². The first-order valence-corrected chi connectivity index (χ1v) is 8.57. The zero-order valence-corrected chi connectivity index (χ0v) is 14.3. The number of carbonyl (C=O) groups excluding carboxylic acids is 1. The van der Waals surface area contributed by atoms with Crippen LogP contribution in [-0.4, -0.2) is 45.7 Å². The summed E-state index contributed by atoms with van der Waals surface area (Å²) in [6.07, 6.45) is 3.69. The molecule has 0 radical (unpaired) electrons. The van der Waals surface area contributed by atoms with E-state index in [1.54, 1.807) is 6.33 Å². The Morgan fingerprint density at radius 2 is 2.26 bits per heavy atom. The van der Waals surface area contributed by atoms with Crippen LogP contribution in [0.1, 0.15) is 45.5 Å². The van der Waals surface area contributed by atoms with Crippen molar-refractivity contribution < 1.29 is 9.53 Å². The number of fused-ring (bicyclic) bond motifs is 2. The molecule has 2 N–H and O–H groups in total. The Morgan fingerprint density at radius 1 is 1.48 bits per heavy atom. The van der Waals surface area contributed by atoms with Crippen LogP contribution in [0.3, 0.4) is 0 Å². The van der Waals surface area contributed by atoms with E-state index in [0.29, 0.717) is 11.8 Å². The van der Waals surface area contributed by atoms with Crippen LogP contribution in [0.2, 0.25) is 0 Å². The highest BCUT2D eigenvalue weighted by atomic mass is 16.6. The Bertz CT molecular complexity index is 635. The molecule has 4 unspecified atom stereocenters. The van der Waals surface area contributed by atoms with E-state index in [9.17, 15) is 4.79 Å². The predicted molar refractivity (Wildman–Crippen MR) is 86.0 cm³/mol. The number of nitrogens with one attached hydrogen (secondary N) is 2. The maximum Gasteiger partial charge on any atom is 0.410 e. The number of aromatic amines is 1. The van der Waals surface area contributed by atoms with Gasteiger partial charge in [0.2, 0.25) is 0 Å². The van der Waals surface area contributed by atoms with Crippen molar-refractivity contribution in [3.8, 4) is 0 Å². The maximum atomic E-state index is 12.5. The molecule has 6 heteroatoms. The van der Waals surface area contributed by atoms with Crippen LogP contribution in [0.4, 0.5) is 4.79 Å². The van der Waals surface area contributed by atoms with Crippen molar-refractivity contribution in [1.82, 2.24) is 20.2 Å². The van der Waals surface area contributed by atoms with Crippen LogP contribution < -0.4 is 5.32 Å². The maximum absolute atomic E-state index is 12.5. The molecular weight excluding hydrogens is 292 g/mol. The minimum atomic E-state index is -0.443. The van der Waals surface area contributed by atoms with Gasteiger partial charge in [-0.3, -0.25) is 0 Å². The van der Waals surface area contributed by atoms with Crippen molar-refractivity contribution in [3.05, 3.63) is 17.7 Å². The van der Waals surface area contributed by atoms with Crippen LogP contribution in [0, 0.1) is 11.8 Å². The van der Waals surface area contributed by atoms with Gasteiger partial charge in [-0.25, -0.2) is 9.78 Å². The first-order chi connectivity index (χ1) is 10.8. The standard InChI is InChI=1S/C17H26N4O2/c1-16(2,3)23-15(22)21-8-10-7-12(21)13(10)17(4)14-11(5-6-20-17)18-9-19-14/h9-10,12-13,20H,5-8H2,1-4H3,(H,18,19). The zero-order valence-electron chi connectivity index (χ0n) is 14.3. The molecule has 0 aromatic carbocycles.